The van der Waals surface area contributed by atoms with Crippen LogP contribution in [0, 0.1) is 5.92 Å². The first kappa shape index (κ1) is 10.1. The zero-order chi connectivity index (χ0) is 9.68. The van der Waals surface area contributed by atoms with Crippen molar-refractivity contribution in [2.45, 2.75) is 32.7 Å². The quantitative estimate of drug-likeness (QED) is 0.696. The molecule has 0 bridgehead atoms. The van der Waals surface area contributed by atoms with Gasteiger partial charge in [-0.15, -0.1) is 0 Å². The van der Waals surface area contributed by atoms with E-state index >= 15 is 0 Å². The maximum absolute atomic E-state index is 4.02. The highest BCUT2D eigenvalue weighted by Crippen LogP contribution is 2.18. The number of hydrogen-bond donors (Lipinski definition) is 1. The van der Waals surface area contributed by atoms with Crippen LogP contribution in [0.25, 0.3) is 0 Å². The third kappa shape index (κ3) is 3.97. The zero-order valence-electron chi connectivity index (χ0n) is 8.59. The van der Waals surface area contributed by atoms with Crippen LogP contribution in [0.5, 0.6) is 0 Å². The Morgan fingerprint density at radius 1 is 1.54 bits per heavy atom. The van der Waals surface area contributed by atoms with Crippen molar-refractivity contribution in [2.24, 2.45) is 5.92 Å². The Labute approximate surface area is 81.2 Å². The highest BCUT2D eigenvalue weighted by Gasteiger charge is 2.07. The molecule has 1 nitrogen and oxygen atoms in total. The minimum absolute atomic E-state index is 0.496. The lowest BCUT2D eigenvalue weighted by Gasteiger charge is -2.17. The molecule has 72 valence electrons. The van der Waals surface area contributed by atoms with E-state index in [4.69, 9.17) is 0 Å². The van der Waals surface area contributed by atoms with Gasteiger partial charge in [-0.05, 0) is 32.6 Å². The molecule has 0 aromatic carbocycles. The van der Waals surface area contributed by atoms with Crippen LogP contribution in [0.3, 0.4) is 0 Å². The molecule has 0 aliphatic heterocycles. The van der Waals surface area contributed by atoms with Gasteiger partial charge in [0.25, 0.3) is 0 Å². The Morgan fingerprint density at radius 3 is 2.85 bits per heavy atom. The largest absolute Gasteiger partial charge is 0.387 e. The van der Waals surface area contributed by atoms with Crippen LogP contribution in [0.2, 0.25) is 0 Å². The Hall–Kier alpha value is -0.980. The minimum Gasteiger partial charge on any atom is -0.387 e. The van der Waals surface area contributed by atoms with E-state index in [1.54, 1.807) is 0 Å². The molecule has 0 radical (unpaired) electrons. The zero-order valence-corrected chi connectivity index (χ0v) is 8.59. The molecule has 0 spiro atoms. The molecule has 1 unspecified atom stereocenters. The lowest BCUT2D eigenvalue weighted by atomic mass is 9.96. The molecule has 1 atom stereocenters. The van der Waals surface area contributed by atoms with E-state index < -0.39 is 0 Å². The van der Waals surface area contributed by atoms with Crippen LogP contribution in [0.1, 0.15) is 26.7 Å². The second kappa shape index (κ2) is 4.90. The highest BCUT2D eigenvalue weighted by molar-refractivity contribution is 5.13. The van der Waals surface area contributed by atoms with E-state index in [0.717, 1.165) is 18.5 Å². The molecule has 0 saturated heterocycles. The first-order valence-corrected chi connectivity index (χ1v) is 4.96. The van der Waals surface area contributed by atoms with Crippen molar-refractivity contribution >= 4 is 0 Å². The van der Waals surface area contributed by atoms with Crippen LogP contribution in [-0.2, 0) is 0 Å². The number of rotatable bonds is 4. The summed E-state index contributed by atoms with van der Waals surface area (Å²) >= 11 is 0. The van der Waals surface area contributed by atoms with Crippen molar-refractivity contribution in [3.05, 3.63) is 36.6 Å². The Bertz CT molecular complexity index is 223. The summed E-state index contributed by atoms with van der Waals surface area (Å²) in [7, 11) is 0. The first-order valence-electron chi connectivity index (χ1n) is 4.96. The third-order valence-corrected chi connectivity index (χ3v) is 2.07. The molecule has 0 amide bonds. The summed E-state index contributed by atoms with van der Waals surface area (Å²) in [5, 5.41) is 3.34. The fraction of sp³-hybridized carbons (Fsp3) is 0.500. The van der Waals surface area contributed by atoms with E-state index in [9.17, 15) is 0 Å². The van der Waals surface area contributed by atoms with Crippen LogP contribution in [0.15, 0.2) is 36.6 Å². The van der Waals surface area contributed by atoms with E-state index in [1.807, 2.05) is 0 Å². The monoisotopic (exact) mass is 177 g/mol. The molecule has 0 fully saturated rings. The van der Waals surface area contributed by atoms with Crippen molar-refractivity contribution in [1.29, 1.82) is 0 Å². The fourth-order valence-corrected chi connectivity index (χ4v) is 1.57. The fourth-order valence-electron chi connectivity index (χ4n) is 1.57. The van der Waals surface area contributed by atoms with Gasteiger partial charge in [-0.2, -0.15) is 0 Å². The van der Waals surface area contributed by atoms with Crippen LogP contribution >= 0.6 is 0 Å². The number of allylic oxidation sites excluding steroid dienone is 5. The predicted molar refractivity (Wildman–Crippen MR) is 58.4 cm³/mol. The normalized spacial score (nSPS) is 20.7. The average molecular weight is 177 g/mol. The van der Waals surface area contributed by atoms with E-state index in [-0.39, 0.29) is 0 Å². The van der Waals surface area contributed by atoms with Crippen molar-refractivity contribution in [1.82, 2.24) is 5.32 Å². The molecule has 1 N–H and O–H groups in total. The molecule has 1 heteroatoms. The molecule has 13 heavy (non-hydrogen) atoms. The molecule has 0 aromatic rings. The van der Waals surface area contributed by atoms with Crippen molar-refractivity contribution in [3.63, 3.8) is 0 Å². The van der Waals surface area contributed by atoms with Crippen molar-refractivity contribution < 1.29 is 0 Å². The predicted octanol–water partition coefficient (Wildman–Crippen LogP) is 3.02. The molecule has 0 aromatic heterocycles. The van der Waals surface area contributed by atoms with Gasteiger partial charge >= 0.3 is 0 Å². The van der Waals surface area contributed by atoms with E-state index in [2.05, 4.69) is 50.0 Å². The Kier molecular flexibility index (Phi) is 3.81. The molecular weight excluding hydrogens is 158 g/mol. The van der Waals surface area contributed by atoms with Crippen LogP contribution in [-0.4, -0.2) is 6.04 Å². The SMILES string of the molecule is C=C(CC1C=CC=CC1)NC(C)C. The van der Waals surface area contributed by atoms with Crippen molar-refractivity contribution in [2.75, 3.05) is 0 Å². The maximum Gasteiger partial charge on any atom is 0.0201 e. The third-order valence-electron chi connectivity index (χ3n) is 2.07. The lowest BCUT2D eigenvalue weighted by Crippen LogP contribution is -2.22. The summed E-state index contributed by atoms with van der Waals surface area (Å²) in [6.07, 6.45) is 10.9. The standard InChI is InChI=1S/C12H19N/c1-10(2)13-11(3)9-12-7-5-4-6-8-12/h4-7,10,12-13H,3,8-9H2,1-2H3. The summed E-state index contributed by atoms with van der Waals surface area (Å²) in [6.45, 7) is 8.30. The van der Waals surface area contributed by atoms with E-state index in [0.29, 0.717) is 12.0 Å². The number of hydrogen-bond acceptors (Lipinski definition) is 1. The molecule has 0 saturated carbocycles. The molecule has 1 aliphatic rings. The summed E-state index contributed by atoms with van der Waals surface area (Å²) in [6, 6.07) is 0.496. The van der Waals surface area contributed by atoms with Gasteiger partial charge in [0.2, 0.25) is 0 Å². The summed E-state index contributed by atoms with van der Waals surface area (Å²) in [4.78, 5) is 0. The second-order valence-electron chi connectivity index (χ2n) is 3.92. The van der Waals surface area contributed by atoms with Gasteiger partial charge < -0.3 is 5.32 Å². The smallest absolute Gasteiger partial charge is 0.0201 e. The minimum atomic E-state index is 0.496. The highest BCUT2D eigenvalue weighted by atomic mass is 14.9. The van der Waals surface area contributed by atoms with Crippen LogP contribution < -0.4 is 5.32 Å². The maximum atomic E-state index is 4.02. The molecule has 0 heterocycles. The Balaban J connectivity index is 2.28. The van der Waals surface area contributed by atoms with Gasteiger partial charge in [0, 0.05) is 11.7 Å². The molecule has 1 rings (SSSR count). The van der Waals surface area contributed by atoms with Gasteiger partial charge in [0.15, 0.2) is 0 Å². The molecular formula is C12H19N. The van der Waals surface area contributed by atoms with Gasteiger partial charge in [-0.3, -0.25) is 0 Å². The van der Waals surface area contributed by atoms with Gasteiger partial charge in [0.05, 0.1) is 0 Å². The first-order chi connectivity index (χ1) is 6.18. The summed E-state index contributed by atoms with van der Waals surface area (Å²) < 4.78 is 0. The van der Waals surface area contributed by atoms with E-state index in [1.165, 1.54) is 0 Å². The lowest BCUT2D eigenvalue weighted by molar-refractivity contribution is 0.576. The van der Waals surface area contributed by atoms with Gasteiger partial charge in [-0.1, -0.05) is 30.9 Å². The average Bonchev–Trinajstić information content (AvgIpc) is 2.04. The summed E-state index contributed by atoms with van der Waals surface area (Å²) in [5.74, 6) is 0.642. The summed E-state index contributed by atoms with van der Waals surface area (Å²) in [5.41, 5.74) is 1.15. The van der Waals surface area contributed by atoms with Crippen LogP contribution in [0.4, 0.5) is 0 Å². The van der Waals surface area contributed by atoms with Crippen molar-refractivity contribution in [3.8, 4) is 0 Å². The Morgan fingerprint density at radius 2 is 2.31 bits per heavy atom. The van der Waals surface area contributed by atoms with Gasteiger partial charge in [0.1, 0.15) is 0 Å². The topological polar surface area (TPSA) is 12.0 Å². The van der Waals surface area contributed by atoms with Gasteiger partial charge in [-0.25, -0.2) is 0 Å². The second-order valence-corrected chi connectivity index (χ2v) is 3.92. The number of nitrogens with one attached hydrogen (secondary N) is 1. The molecule has 1 aliphatic carbocycles.